The third-order valence-electron chi connectivity index (χ3n) is 12.2. The molecule has 0 saturated carbocycles. The maximum Gasteiger partial charge on any atom is 0.309 e. The van der Waals surface area contributed by atoms with Gasteiger partial charge in [-0.1, -0.05) is 6.92 Å². The molecule has 0 heterocycles. The van der Waals surface area contributed by atoms with Gasteiger partial charge in [-0.3, -0.25) is 47.9 Å². The van der Waals surface area contributed by atoms with Crippen molar-refractivity contribution in [3.05, 3.63) is 0 Å². The van der Waals surface area contributed by atoms with Crippen LogP contribution in [-0.2, 0) is 47.9 Å². The smallest absolute Gasteiger partial charge is 0.309 e. The lowest BCUT2D eigenvalue weighted by atomic mass is 9.56. The highest BCUT2D eigenvalue weighted by Gasteiger charge is 2.59. The predicted molar refractivity (Wildman–Crippen MR) is 206 cm³/mol. The van der Waals surface area contributed by atoms with Crippen molar-refractivity contribution in [3.8, 4) is 0 Å². The van der Waals surface area contributed by atoms with Gasteiger partial charge in [0.05, 0.1) is 54.7 Å². The molecule has 342 valence electrons. The number of hydrogen-bond donors (Lipinski definition) is 10. The van der Waals surface area contributed by atoms with Gasteiger partial charge in [0.2, 0.25) is 0 Å². The van der Waals surface area contributed by atoms with Crippen LogP contribution in [0.15, 0.2) is 0 Å². The van der Waals surface area contributed by atoms with Crippen molar-refractivity contribution in [1.29, 1.82) is 0 Å². The summed E-state index contributed by atoms with van der Waals surface area (Å²) >= 11 is 0. The van der Waals surface area contributed by atoms with Gasteiger partial charge in [-0.2, -0.15) is 0 Å². The van der Waals surface area contributed by atoms with Gasteiger partial charge in [-0.15, -0.1) is 0 Å². The third-order valence-corrected chi connectivity index (χ3v) is 12.2. The summed E-state index contributed by atoms with van der Waals surface area (Å²) in [5.41, 5.74) is -20.1. The van der Waals surface area contributed by atoms with E-state index in [0.717, 1.165) is 55.4 Å². The molecule has 0 aromatic rings. The molecule has 60 heavy (non-hydrogen) atoms. The standard InChI is InChI=1S/C40H62O20/c1-21(22(41)42)12-33(4,24(45)46)14-35(6,26(49)50)16-37(8,28(53)54)18-39(10,30(57)58)20-40(11,31(59)60)19-38(9,29(55)56)17-36(7,27(51)52)15-34(5,25(47)48)13-32(2,3)23(43)44/h21H,12-20H2,1-11H3,(H,41,42)(H,43,44)(H,45,46)(H,47,48)(H,49,50)(H,51,52)(H,53,54)(H,55,56)(H,57,58)(H,59,60). The number of carboxylic acid groups (broad SMARTS) is 10. The summed E-state index contributed by atoms with van der Waals surface area (Å²) in [5, 5.41) is 102. The maximum absolute atomic E-state index is 13.1. The normalized spacial score (nSPS) is 20.5. The minimum Gasteiger partial charge on any atom is -0.481 e. The van der Waals surface area contributed by atoms with Crippen LogP contribution in [0.3, 0.4) is 0 Å². The van der Waals surface area contributed by atoms with Crippen LogP contribution in [0.25, 0.3) is 0 Å². The Morgan fingerprint density at radius 3 is 0.617 bits per heavy atom. The molecule has 0 aromatic heterocycles. The van der Waals surface area contributed by atoms with Gasteiger partial charge >= 0.3 is 59.7 Å². The lowest BCUT2D eigenvalue weighted by Gasteiger charge is -2.45. The van der Waals surface area contributed by atoms with Crippen molar-refractivity contribution in [2.45, 2.75) is 134 Å². The van der Waals surface area contributed by atoms with Crippen molar-refractivity contribution in [3.63, 3.8) is 0 Å². The van der Waals surface area contributed by atoms with E-state index in [1.54, 1.807) is 0 Å². The molecular weight excluding hydrogens is 800 g/mol. The second kappa shape index (κ2) is 18.1. The monoisotopic (exact) mass is 862 g/mol. The summed E-state index contributed by atoms with van der Waals surface area (Å²) in [6, 6.07) is 0. The Bertz CT molecular complexity index is 1770. The second-order valence-corrected chi connectivity index (χ2v) is 20.0. The molecule has 0 aliphatic heterocycles. The van der Waals surface area contributed by atoms with E-state index in [1.165, 1.54) is 20.8 Å². The van der Waals surface area contributed by atoms with Crippen molar-refractivity contribution in [2.75, 3.05) is 0 Å². The summed E-state index contributed by atoms with van der Waals surface area (Å²) in [7, 11) is 0. The molecule has 9 atom stereocenters. The summed E-state index contributed by atoms with van der Waals surface area (Å²) in [4.78, 5) is 126. The van der Waals surface area contributed by atoms with Gasteiger partial charge in [-0.05, 0) is 127 Å². The third kappa shape index (κ3) is 12.6. The molecule has 10 N–H and O–H groups in total. The zero-order chi connectivity index (χ0) is 48.2. The van der Waals surface area contributed by atoms with Crippen LogP contribution in [0, 0.1) is 54.7 Å². The Morgan fingerprint density at radius 2 is 0.467 bits per heavy atom. The fourth-order valence-electron chi connectivity index (χ4n) is 9.57. The molecule has 0 aliphatic rings. The van der Waals surface area contributed by atoms with Crippen molar-refractivity contribution >= 4 is 59.7 Å². The Labute approximate surface area is 347 Å². The second-order valence-electron chi connectivity index (χ2n) is 20.0. The average Bonchev–Trinajstić information content (AvgIpc) is 3.02. The molecule has 0 fully saturated rings. The Balaban J connectivity index is 7.44. The van der Waals surface area contributed by atoms with E-state index in [-0.39, 0.29) is 0 Å². The van der Waals surface area contributed by atoms with Gasteiger partial charge in [0.1, 0.15) is 0 Å². The molecule has 0 spiro atoms. The maximum atomic E-state index is 13.1. The topological polar surface area (TPSA) is 373 Å². The van der Waals surface area contributed by atoms with E-state index in [1.807, 2.05) is 0 Å². The van der Waals surface area contributed by atoms with Gasteiger partial charge in [-0.25, -0.2) is 0 Å². The minimum absolute atomic E-state index is 0.576. The lowest BCUT2D eigenvalue weighted by Crippen LogP contribution is -2.50. The first-order valence-corrected chi connectivity index (χ1v) is 18.8. The highest BCUT2D eigenvalue weighted by molar-refractivity contribution is 5.85. The van der Waals surface area contributed by atoms with E-state index in [9.17, 15) is 99.0 Å². The van der Waals surface area contributed by atoms with Crippen LogP contribution in [-0.4, -0.2) is 111 Å². The first-order chi connectivity index (χ1) is 26.5. The minimum atomic E-state index is -2.44. The zero-order valence-corrected chi connectivity index (χ0v) is 36.0. The largest absolute Gasteiger partial charge is 0.481 e. The number of carbonyl (C=O) groups is 10. The molecule has 9 unspecified atom stereocenters. The van der Waals surface area contributed by atoms with E-state index >= 15 is 0 Å². The SMILES string of the molecule is CC(CC(C)(CC(C)(CC(C)(CC(C)(CC(C)(CC(C)(CC(C)(CC(C)(CC(C)(C)C(=O)O)C(=O)O)C(=O)O)C(=O)O)C(=O)O)C(=O)O)C(=O)O)C(=O)O)C(=O)O)C(=O)O. The molecule has 0 aliphatic carbocycles. The van der Waals surface area contributed by atoms with Crippen LogP contribution in [0.4, 0.5) is 0 Å². The van der Waals surface area contributed by atoms with E-state index in [0.29, 0.717) is 0 Å². The first-order valence-electron chi connectivity index (χ1n) is 18.8. The number of carboxylic acids is 10. The molecule has 0 rings (SSSR count). The Kier molecular flexibility index (Phi) is 16.5. The summed E-state index contributed by atoms with van der Waals surface area (Å²) in [6.07, 6.45) is -7.82. The van der Waals surface area contributed by atoms with Crippen molar-refractivity contribution < 1.29 is 99.0 Å². The van der Waals surface area contributed by atoms with E-state index in [2.05, 4.69) is 0 Å². The van der Waals surface area contributed by atoms with Gasteiger partial charge in [0.15, 0.2) is 0 Å². The zero-order valence-electron chi connectivity index (χ0n) is 36.0. The number of aliphatic carboxylic acids is 10. The molecule has 0 amide bonds. The Morgan fingerprint density at radius 1 is 0.300 bits per heavy atom. The molecule has 20 nitrogen and oxygen atoms in total. The first kappa shape index (κ1) is 54.7. The lowest BCUT2D eigenvalue weighted by molar-refractivity contribution is -0.168. The summed E-state index contributed by atoms with van der Waals surface area (Å²) in [6.45, 7) is 11.7. The van der Waals surface area contributed by atoms with Crippen LogP contribution < -0.4 is 0 Å². The van der Waals surface area contributed by atoms with Crippen molar-refractivity contribution in [2.24, 2.45) is 54.7 Å². The molecule has 0 saturated heterocycles. The van der Waals surface area contributed by atoms with Crippen LogP contribution in [0.5, 0.6) is 0 Å². The molecular formula is C40H62O20. The number of rotatable bonds is 28. The van der Waals surface area contributed by atoms with E-state index in [4.69, 9.17) is 0 Å². The van der Waals surface area contributed by atoms with Gasteiger partial charge < -0.3 is 51.1 Å². The molecule has 0 aromatic carbocycles. The fraction of sp³-hybridized carbons (Fsp3) is 0.750. The quantitative estimate of drug-likeness (QED) is 0.0491. The van der Waals surface area contributed by atoms with E-state index < -0.39 is 172 Å². The van der Waals surface area contributed by atoms with Crippen LogP contribution in [0.1, 0.15) is 134 Å². The summed E-state index contributed by atoms with van der Waals surface area (Å²) in [5.74, 6) is -17.8. The van der Waals surface area contributed by atoms with Crippen LogP contribution >= 0.6 is 0 Å². The number of hydrogen-bond acceptors (Lipinski definition) is 10. The van der Waals surface area contributed by atoms with Gasteiger partial charge in [0, 0.05) is 0 Å². The van der Waals surface area contributed by atoms with Crippen molar-refractivity contribution in [1.82, 2.24) is 0 Å². The highest BCUT2D eigenvalue weighted by atomic mass is 16.4. The summed E-state index contributed by atoms with van der Waals surface area (Å²) < 4.78 is 0. The molecule has 0 radical (unpaired) electrons. The Hall–Kier alpha value is -5.30. The molecule has 0 bridgehead atoms. The van der Waals surface area contributed by atoms with Gasteiger partial charge in [0.25, 0.3) is 0 Å². The predicted octanol–water partition coefficient (Wildman–Crippen LogP) is 5.06. The van der Waals surface area contributed by atoms with Crippen LogP contribution in [0.2, 0.25) is 0 Å². The average molecular weight is 863 g/mol. The molecule has 20 heteroatoms. The fourth-order valence-corrected chi connectivity index (χ4v) is 9.57. The highest BCUT2D eigenvalue weighted by Crippen LogP contribution is 2.55.